The van der Waals surface area contributed by atoms with Gasteiger partial charge in [-0.2, -0.15) is 4.99 Å². The van der Waals surface area contributed by atoms with Gasteiger partial charge in [0.15, 0.2) is 0 Å². The quantitative estimate of drug-likeness (QED) is 0.785. The van der Waals surface area contributed by atoms with Gasteiger partial charge in [0, 0.05) is 13.0 Å². The van der Waals surface area contributed by atoms with Crippen molar-refractivity contribution in [1.82, 2.24) is 19.7 Å². The highest BCUT2D eigenvalue weighted by atomic mass is 15.5. The minimum Gasteiger partial charge on any atom is -0.337 e. The molecule has 0 aromatic carbocycles. The van der Waals surface area contributed by atoms with Crippen molar-refractivity contribution in [1.29, 1.82) is 0 Å². The Labute approximate surface area is 96.2 Å². The van der Waals surface area contributed by atoms with Crippen molar-refractivity contribution in [2.24, 2.45) is 4.99 Å². The van der Waals surface area contributed by atoms with E-state index in [2.05, 4.69) is 52.4 Å². The Bertz CT molecular complexity index is 408. The molecule has 1 aliphatic heterocycles. The molecule has 16 heavy (non-hydrogen) atoms. The number of hydrogen-bond donors (Lipinski definition) is 0. The normalized spacial score (nSPS) is 24.2. The molecule has 0 saturated carbocycles. The lowest BCUT2D eigenvalue weighted by molar-refractivity contribution is 0.0980. The number of hydrogen-bond acceptors (Lipinski definition) is 4. The van der Waals surface area contributed by atoms with Gasteiger partial charge in [-0.3, -0.25) is 4.57 Å². The Morgan fingerprint density at radius 1 is 1.31 bits per heavy atom. The summed E-state index contributed by atoms with van der Waals surface area (Å²) in [5, 5.41) is 8.03. The highest BCUT2D eigenvalue weighted by Crippen LogP contribution is 2.34. The van der Waals surface area contributed by atoms with Crippen LogP contribution in [0.2, 0.25) is 0 Å². The van der Waals surface area contributed by atoms with Crippen LogP contribution < -0.4 is 0 Å². The molecule has 1 aliphatic rings. The standard InChI is InChI=1S/C11H19N5/c1-5-9-13-10-14-12-8-16(10)11(4,6-2)15(9)7-3/h8H,5-7H2,1-4H3. The number of aliphatic imine (C=N–C) groups is 1. The fourth-order valence-electron chi connectivity index (χ4n) is 2.38. The summed E-state index contributed by atoms with van der Waals surface area (Å²) in [5.41, 5.74) is -0.0827. The smallest absolute Gasteiger partial charge is 0.254 e. The van der Waals surface area contributed by atoms with Crippen molar-refractivity contribution in [3.8, 4) is 0 Å². The highest BCUT2D eigenvalue weighted by molar-refractivity contribution is 5.85. The third-order valence-electron chi connectivity index (χ3n) is 3.47. The summed E-state index contributed by atoms with van der Waals surface area (Å²) in [7, 11) is 0. The molecule has 0 bridgehead atoms. The first-order valence-corrected chi connectivity index (χ1v) is 5.93. The average molecular weight is 221 g/mol. The van der Waals surface area contributed by atoms with Gasteiger partial charge in [-0.15, -0.1) is 10.2 Å². The highest BCUT2D eigenvalue weighted by Gasteiger charge is 2.37. The molecule has 1 aromatic rings. The molecule has 0 aliphatic carbocycles. The molecule has 0 spiro atoms. The Balaban J connectivity index is 2.57. The van der Waals surface area contributed by atoms with E-state index < -0.39 is 0 Å². The third kappa shape index (κ3) is 1.34. The second-order valence-corrected chi connectivity index (χ2v) is 4.20. The van der Waals surface area contributed by atoms with Crippen molar-refractivity contribution in [2.45, 2.75) is 46.2 Å². The number of aromatic nitrogens is 3. The molecule has 1 aromatic heterocycles. The van der Waals surface area contributed by atoms with Crippen LogP contribution in [-0.2, 0) is 5.66 Å². The maximum Gasteiger partial charge on any atom is 0.254 e. The summed E-state index contributed by atoms with van der Waals surface area (Å²) in [4.78, 5) is 6.89. The van der Waals surface area contributed by atoms with Gasteiger partial charge >= 0.3 is 0 Å². The molecule has 88 valence electrons. The first kappa shape index (κ1) is 11.1. The van der Waals surface area contributed by atoms with E-state index in [0.717, 1.165) is 31.2 Å². The molecular weight excluding hydrogens is 202 g/mol. The zero-order valence-corrected chi connectivity index (χ0v) is 10.4. The topological polar surface area (TPSA) is 46.3 Å². The molecular formula is C11H19N5. The summed E-state index contributed by atoms with van der Waals surface area (Å²) >= 11 is 0. The summed E-state index contributed by atoms with van der Waals surface area (Å²) in [6, 6.07) is 0. The Kier molecular flexibility index (Phi) is 2.69. The monoisotopic (exact) mass is 221 g/mol. The van der Waals surface area contributed by atoms with Crippen LogP contribution in [0.5, 0.6) is 0 Å². The van der Waals surface area contributed by atoms with Gasteiger partial charge < -0.3 is 4.90 Å². The lowest BCUT2D eigenvalue weighted by Crippen LogP contribution is -2.52. The second kappa shape index (κ2) is 3.88. The van der Waals surface area contributed by atoms with Crippen LogP contribution in [0.1, 0.15) is 40.5 Å². The fraction of sp³-hybridized carbons (Fsp3) is 0.727. The number of amidine groups is 1. The van der Waals surface area contributed by atoms with E-state index in [1.165, 1.54) is 0 Å². The zero-order valence-electron chi connectivity index (χ0n) is 10.4. The van der Waals surface area contributed by atoms with Crippen LogP contribution >= 0.6 is 0 Å². The third-order valence-corrected chi connectivity index (χ3v) is 3.47. The Morgan fingerprint density at radius 2 is 2.06 bits per heavy atom. The lowest BCUT2D eigenvalue weighted by atomic mass is 10.1. The van der Waals surface area contributed by atoms with E-state index in [0.29, 0.717) is 0 Å². The van der Waals surface area contributed by atoms with Crippen LogP contribution in [0.3, 0.4) is 0 Å². The average Bonchev–Trinajstić information content (AvgIpc) is 2.77. The molecule has 0 amide bonds. The largest absolute Gasteiger partial charge is 0.337 e. The summed E-state index contributed by atoms with van der Waals surface area (Å²) in [6.07, 6.45) is 3.71. The van der Waals surface area contributed by atoms with Crippen LogP contribution in [0.15, 0.2) is 11.3 Å². The van der Waals surface area contributed by atoms with Crippen LogP contribution in [0.25, 0.3) is 0 Å². The van der Waals surface area contributed by atoms with Crippen LogP contribution in [0, 0.1) is 0 Å². The maximum atomic E-state index is 4.55. The molecule has 0 radical (unpaired) electrons. The molecule has 0 fully saturated rings. The van der Waals surface area contributed by atoms with Crippen molar-refractivity contribution >= 4 is 11.8 Å². The first-order chi connectivity index (χ1) is 7.67. The van der Waals surface area contributed by atoms with Crippen LogP contribution in [0.4, 0.5) is 5.95 Å². The summed E-state index contributed by atoms with van der Waals surface area (Å²) in [6.45, 7) is 9.64. The summed E-state index contributed by atoms with van der Waals surface area (Å²) in [5.74, 6) is 1.83. The van der Waals surface area contributed by atoms with Crippen molar-refractivity contribution < 1.29 is 0 Å². The van der Waals surface area contributed by atoms with E-state index in [1.807, 2.05) is 0 Å². The second-order valence-electron chi connectivity index (χ2n) is 4.20. The molecule has 1 atom stereocenters. The molecule has 5 nitrogen and oxygen atoms in total. The fourth-order valence-corrected chi connectivity index (χ4v) is 2.38. The first-order valence-electron chi connectivity index (χ1n) is 5.93. The molecule has 1 unspecified atom stereocenters. The van der Waals surface area contributed by atoms with Gasteiger partial charge in [0.05, 0.1) is 0 Å². The lowest BCUT2D eigenvalue weighted by Gasteiger charge is -2.45. The number of fused-ring (bicyclic) bond motifs is 1. The van der Waals surface area contributed by atoms with Crippen molar-refractivity contribution in [3.63, 3.8) is 0 Å². The maximum absolute atomic E-state index is 4.55. The Morgan fingerprint density at radius 3 is 2.62 bits per heavy atom. The van der Waals surface area contributed by atoms with Crippen LogP contribution in [-0.4, -0.2) is 32.0 Å². The van der Waals surface area contributed by atoms with Gasteiger partial charge in [0.25, 0.3) is 5.95 Å². The van der Waals surface area contributed by atoms with Gasteiger partial charge in [0.2, 0.25) is 0 Å². The predicted octanol–water partition coefficient (Wildman–Crippen LogP) is 2.14. The van der Waals surface area contributed by atoms with Crippen molar-refractivity contribution in [3.05, 3.63) is 6.33 Å². The minimum atomic E-state index is -0.0827. The molecule has 5 heteroatoms. The van der Waals surface area contributed by atoms with Gasteiger partial charge in [0.1, 0.15) is 17.8 Å². The minimum absolute atomic E-state index is 0.0827. The summed E-state index contributed by atoms with van der Waals surface area (Å²) < 4.78 is 2.07. The van der Waals surface area contributed by atoms with E-state index in [1.54, 1.807) is 6.33 Å². The number of nitrogens with zero attached hydrogens (tertiary/aromatic N) is 5. The van der Waals surface area contributed by atoms with Gasteiger partial charge in [-0.05, 0) is 20.3 Å². The zero-order chi connectivity index (χ0) is 11.8. The Hall–Kier alpha value is -1.39. The number of rotatable bonds is 3. The molecule has 2 rings (SSSR count). The van der Waals surface area contributed by atoms with E-state index in [-0.39, 0.29) is 5.66 Å². The van der Waals surface area contributed by atoms with Crippen molar-refractivity contribution in [2.75, 3.05) is 6.54 Å². The molecule has 0 N–H and O–H groups in total. The van der Waals surface area contributed by atoms with E-state index >= 15 is 0 Å². The van der Waals surface area contributed by atoms with Gasteiger partial charge in [-0.25, -0.2) is 0 Å². The molecule has 0 saturated heterocycles. The SMILES string of the molecule is CCC1=Nc2nncn2C(C)(CC)N1CC. The van der Waals surface area contributed by atoms with E-state index in [9.17, 15) is 0 Å². The van der Waals surface area contributed by atoms with E-state index in [4.69, 9.17) is 0 Å². The van der Waals surface area contributed by atoms with Gasteiger partial charge in [-0.1, -0.05) is 13.8 Å². The molecule has 2 heterocycles. The predicted molar refractivity (Wildman–Crippen MR) is 63.7 cm³/mol.